The Labute approximate surface area is 134 Å². The maximum absolute atomic E-state index is 9.91. The van der Waals surface area contributed by atoms with Crippen molar-refractivity contribution in [3.8, 4) is 0 Å². The highest BCUT2D eigenvalue weighted by atomic mass is 17.2. The fourth-order valence-electron chi connectivity index (χ4n) is 2.78. The molecule has 5 atom stereocenters. The Hall–Kier alpha value is -1.06. The Morgan fingerprint density at radius 3 is 2.65 bits per heavy atom. The first kappa shape index (κ1) is 16.8. The summed E-state index contributed by atoms with van der Waals surface area (Å²) in [5, 5.41) is 19.1. The minimum absolute atomic E-state index is 0.251. The standard InChI is InChI=1S/C16H22O7/c1-16(2)21-14-13(12(11(18)8-17)20-15(14)22-16)23-19-9-10-6-4-3-5-7-10/h3-7,11-15,17-18H,8-9H2,1-2H3/t11-,12-,13-,14-,15?/m1/s1. The van der Waals surface area contributed by atoms with Crippen LogP contribution >= 0.6 is 0 Å². The number of fused-ring (bicyclic) bond motifs is 1. The second-order valence-corrected chi connectivity index (χ2v) is 6.13. The van der Waals surface area contributed by atoms with Gasteiger partial charge in [-0.05, 0) is 19.4 Å². The molecule has 23 heavy (non-hydrogen) atoms. The van der Waals surface area contributed by atoms with Crippen molar-refractivity contribution in [1.29, 1.82) is 0 Å². The summed E-state index contributed by atoms with van der Waals surface area (Å²) in [5.74, 6) is -0.800. The van der Waals surface area contributed by atoms with Crippen molar-refractivity contribution < 1.29 is 34.2 Å². The second-order valence-electron chi connectivity index (χ2n) is 6.13. The average molecular weight is 326 g/mol. The van der Waals surface area contributed by atoms with Gasteiger partial charge in [0.1, 0.15) is 24.9 Å². The molecule has 128 valence electrons. The minimum atomic E-state index is -1.11. The molecule has 7 nitrogen and oxygen atoms in total. The van der Waals surface area contributed by atoms with Crippen molar-refractivity contribution in [1.82, 2.24) is 0 Å². The lowest BCUT2D eigenvalue weighted by Crippen LogP contribution is -2.44. The Balaban J connectivity index is 1.63. The van der Waals surface area contributed by atoms with E-state index in [1.807, 2.05) is 30.3 Å². The van der Waals surface area contributed by atoms with Gasteiger partial charge in [-0.2, -0.15) is 0 Å². The largest absolute Gasteiger partial charge is 0.394 e. The van der Waals surface area contributed by atoms with E-state index in [0.717, 1.165) is 5.56 Å². The monoisotopic (exact) mass is 326 g/mol. The van der Waals surface area contributed by atoms with Crippen molar-refractivity contribution in [3.05, 3.63) is 35.9 Å². The highest BCUT2D eigenvalue weighted by Crippen LogP contribution is 2.39. The van der Waals surface area contributed by atoms with Crippen LogP contribution in [0.4, 0.5) is 0 Å². The van der Waals surface area contributed by atoms with Gasteiger partial charge in [0.2, 0.25) is 0 Å². The molecule has 2 aliphatic rings. The lowest BCUT2D eigenvalue weighted by atomic mass is 10.1. The first-order chi connectivity index (χ1) is 11.0. The van der Waals surface area contributed by atoms with E-state index in [0.29, 0.717) is 0 Å². The van der Waals surface area contributed by atoms with Gasteiger partial charge in [0.05, 0.1) is 6.61 Å². The molecule has 2 heterocycles. The van der Waals surface area contributed by atoms with Crippen molar-refractivity contribution in [2.45, 2.75) is 56.9 Å². The molecule has 0 aliphatic carbocycles. The molecule has 7 heteroatoms. The SMILES string of the molecule is CC1(C)OC2O[C@H]([C@H](O)CO)[C@@H](OOCc3ccccc3)[C@H]2O1. The van der Waals surface area contributed by atoms with Crippen molar-refractivity contribution in [2.24, 2.45) is 0 Å². The van der Waals surface area contributed by atoms with Crippen LogP contribution in [-0.4, -0.2) is 53.3 Å². The summed E-state index contributed by atoms with van der Waals surface area (Å²) in [6.45, 7) is 3.34. The molecule has 2 saturated heterocycles. The van der Waals surface area contributed by atoms with E-state index in [2.05, 4.69) is 0 Å². The molecule has 2 N–H and O–H groups in total. The summed E-state index contributed by atoms with van der Waals surface area (Å²) in [5.41, 5.74) is 0.950. The Bertz CT molecular complexity index is 506. The van der Waals surface area contributed by atoms with Crippen molar-refractivity contribution in [2.75, 3.05) is 6.61 Å². The molecule has 0 spiro atoms. The van der Waals surface area contributed by atoms with Crippen LogP contribution in [0.2, 0.25) is 0 Å². The van der Waals surface area contributed by atoms with Gasteiger partial charge in [-0.25, -0.2) is 9.78 Å². The van der Waals surface area contributed by atoms with Crippen LogP contribution in [0.5, 0.6) is 0 Å². The van der Waals surface area contributed by atoms with Crippen LogP contribution in [0.15, 0.2) is 30.3 Å². The van der Waals surface area contributed by atoms with Crippen LogP contribution < -0.4 is 0 Å². The molecule has 0 saturated carbocycles. The fraction of sp³-hybridized carbons (Fsp3) is 0.625. The van der Waals surface area contributed by atoms with E-state index in [1.165, 1.54) is 0 Å². The summed E-state index contributed by atoms with van der Waals surface area (Å²) in [7, 11) is 0. The molecular formula is C16H22O7. The average Bonchev–Trinajstić information content (AvgIpc) is 3.00. The predicted octanol–water partition coefficient (Wildman–Crippen LogP) is 0.733. The number of aliphatic hydroxyl groups excluding tert-OH is 2. The van der Waals surface area contributed by atoms with Crippen LogP contribution in [0.3, 0.4) is 0 Å². The van der Waals surface area contributed by atoms with E-state index in [1.54, 1.807) is 13.8 Å². The van der Waals surface area contributed by atoms with Gasteiger partial charge in [-0.15, -0.1) is 0 Å². The third-order valence-electron chi connectivity index (χ3n) is 3.84. The van der Waals surface area contributed by atoms with Gasteiger partial charge in [-0.1, -0.05) is 30.3 Å². The maximum atomic E-state index is 9.91. The molecule has 3 rings (SSSR count). The first-order valence-corrected chi connectivity index (χ1v) is 7.62. The quantitative estimate of drug-likeness (QED) is 0.589. The molecule has 1 unspecified atom stereocenters. The fourth-order valence-corrected chi connectivity index (χ4v) is 2.78. The Morgan fingerprint density at radius 2 is 1.96 bits per heavy atom. The summed E-state index contributed by atoms with van der Waals surface area (Å²) >= 11 is 0. The molecule has 0 aromatic heterocycles. The maximum Gasteiger partial charge on any atom is 0.190 e. The van der Waals surface area contributed by atoms with Crippen LogP contribution in [0, 0.1) is 0 Å². The molecule has 0 amide bonds. The van der Waals surface area contributed by atoms with E-state index in [-0.39, 0.29) is 6.61 Å². The molecular weight excluding hydrogens is 304 g/mol. The van der Waals surface area contributed by atoms with E-state index in [4.69, 9.17) is 24.0 Å². The zero-order valence-corrected chi connectivity index (χ0v) is 13.1. The van der Waals surface area contributed by atoms with Crippen LogP contribution in [0.25, 0.3) is 0 Å². The van der Waals surface area contributed by atoms with Crippen molar-refractivity contribution >= 4 is 0 Å². The topological polar surface area (TPSA) is 86.6 Å². The summed E-state index contributed by atoms with van der Waals surface area (Å²) in [6.07, 6.45) is -3.80. The molecule has 2 aliphatic heterocycles. The molecule has 2 fully saturated rings. The van der Waals surface area contributed by atoms with E-state index in [9.17, 15) is 10.2 Å². The van der Waals surface area contributed by atoms with Gasteiger partial charge < -0.3 is 24.4 Å². The normalized spacial score (nSPS) is 33.6. The van der Waals surface area contributed by atoms with Gasteiger partial charge in [0, 0.05) is 0 Å². The highest BCUT2D eigenvalue weighted by molar-refractivity contribution is 5.13. The molecule has 0 radical (unpaired) electrons. The number of ether oxygens (including phenoxy) is 3. The van der Waals surface area contributed by atoms with Gasteiger partial charge in [-0.3, -0.25) is 0 Å². The zero-order chi connectivity index (χ0) is 16.4. The second kappa shape index (κ2) is 6.82. The van der Waals surface area contributed by atoms with Gasteiger partial charge >= 0.3 is 0 Å². The number of benzene rings is 1. The summed E-state index contributed by atoms with van der Waals surface area (Å²) < 4.78 is 17.0. The van der Waals surface area contributed by atoms with Gasteiger partial charge in [0.15, 0.2) is 18.2 Å². The lowest BCUT2D eigenvalue weighted by molar-refractivity contribution is -0.359. The van der Waals surface area contributed by atoms with E-state index >= 15 is 0 Å². The Kier molecular flexibility index (Phi) is 4.98. The first-order valence-electron chi connectivity index (χ1n) is 7.62. The third kappa shape index (κ3) is 3.72. The number of rotatable bonds is 6. The smallest absolute Gasteiger partial charge is 0.190 e. The predicted molar refractivity (Wildman–Crippen MR) is 77.9 cm³/mol. The molecule has 0 bridgehead atoms. The van der Waals surface area contributed by atoms with Gasteiger partial charge in [0.25, 0.3) is 0 Å². The summed E-state index contributed by atoms with van der Waals surface area (Å²) in [6, 6.07) is 9.55. The van der Waals surface area contributed by atoms with Crippen LogP contribution in [-0.2, 0) is 30.6 Å². The number of hydrogen-bond acceptors (Lipinski definition) is 7. The Morgan fingerprint density at radius 1 is 1.22 bits per heavy atom. The number of hydrogen-bond donors (Lipinski definition) is 2. The lowest BCUT2D eigenvalue weighted by Gasteiger charge is -2.27. The molecule has 1 aromatic rings. The molecule has 1 aromatic carbocycles. The third-order valence-corrected chi connectivity index (χ3v) is 3.84. The minimum Gasteiger partial charge on any atom is -0.394 e. The number of aliphatic hydroxyl groups is 2. The summed E-state index contributed by atoms with van der Waals surface area (Å²) in [4.78, 5) is 10.7. The highest BCUT2D eigenvalue weighted by Gasteiger charge is 2.57. The van der Waals surface area contributed by atoms with E-state index < -0.39 is 43.1 Å². The zero-order valence-electron chi connectivity index (χ0n) is 13.1. The van der Waals surface area contributed by atoms with Crippen molar-refractivity contribution in [3.63, 3.8) is 0 Å². The van der Waals surface area contributed by atoms with Crippen LogP contribution in [0.1, 0.15) is 19.4 Å².